The Morgan fingerprint density at radius 2 is 1.40 bits per heavy atom. The summed E-state index contributed by atoms with van der Waals surface area (Å²) in [6.07, 6.45) is 8.66. The molecular formula is C37H27NOS. The number of para-hydroxylation sites is 1. The fraction of sp³-hybridized carbons (Fsp3) is 0.0811. The van der Waals surface area contributed by atoms with Crippen LogP contribution >= 0.6 is 11.3 Å². The van der Waals surface area contributed by atoms with E-state index in [0.717, 1.165) is 22.7 Å². The Bertz CT molecular complexity index is 1970. The highest BCUT2D eigenvalue weighted by molar-refractivity contribution is 7.25. The normalized spacial score (nSPS) is 19.0. The smallest absolute Gasteiger partial charge is 0.135 e. The molecule has 1 N–H and O–H groups in total. The highest BCUT2D eigenvalue weighted by Gasteiger charge is 2.43. The topological polar surface area (TPSA) is 21.3 Å². The third-order valence-electron chi connectivity index (χ3n) is 8.23. The number of hydrogen-bond donors (Lipinski definition) is 1. The highest BCUT2D eigenvalue weighted by Crippen LogP contribution is 2.52. The third kappa shape index (κ3) is 3.77. The molecule has 5 aromatic carbocycles. The lowest BCUT2D eigenvalue weighted by molar-refractivity contribution is 0.156. The van der Waals surface area contributed by atoms with E-state index in [9.17, 15) is 0 Å². The van der Waals surface area contributed by atoms with Crippen molar-refractivity contribution in [1.29, 1.82) is 0 Å². The molecule has 0 fully saturated rings. The number of nitrogens with one attached hydrogen (secondary N) is 1. The molecule has 192 valence electrons. The van der Waals surface area contributed by atoms with Crippen LogP contribution in [0.4, 0.5) is 11.4 Å². The van der Waals surface area contributed by atoms with Crippen LogP contribution in [-0.2, 0) is 0 Å². The van der Waals surface area contributed by atoms with Gasteiger partial charge in [0.25, 0.3) is 0 Å². The lowest BCUT2D eigenvalue weighted by Gasteiger charge is -2.27. The van der Waals surface area contributed by atoms with Crippen LogP contribution in [0, 0.1) is 0 Å². The van der Waals surface area contributed by atoms with E-state index in [1.165, 1.54) is 42.4 Å². The van der Waals surface area contributed by atoms with Gasteiger partial charge < -0.3 is 10.1 Å². The molecule has 2 unspecified atom stereocenters. The second-order valence-corrected chi connectivity index (χ2v) is 11.9. The molecule has 1 aliphatic heterocycles. The summed E-state index contributed by atoms with van der Waals surface area (Å²) in [6.45, 7) is 2.18. The van der Waals surface area contributed by atoms with Crippen molar-refractivity contribution < 1.29 is 4.74 Å². The summed E-state index contributed by atoms with van der Waals surface area (Å²) < 4.78 is 9.18. The number of anilines is 2. The van der Waals surface area contributed by atoms with E-state index in [1.807, 2.05) is 17.4 Å². The van der Waals surface area contributed by atoms with Gasteiger partial charge in [0.2, 0.25) is 0 Å². The van der Waals surface area contributed by atoms with Gasteiger partial charge >= 0.3 is 0 Å². The second-order valence-electron chi connectivity index (χ2n) is 10.8. The Kier molecular flexibility index (Phi) is 5.23. The number of hydrogen-bond acceptors (Lipinski definition) is 3. The number of benzene rings is 5. The molecule has 1 aliphatic carbocycles. The van der Waals surface area contributed by atoms with Crippen LogP contribution in [-0.4, -0.2) is 5.60 Å². The molecule has 40 heavy (non-hydrogen) atoms. The minimum Gasteiger partial charge on any atom is -0.482 e. The van der Waals surface area contributed by atoms with Crippen LogP contribution in [0.15, 0.2) is 133 Å². The number of thiophene rings is 1. The Hall–Kier alpha value is -4.60. The van der Waals surface area contributed by atoms with Crippen LogP contribution in [0.25, 0.3) is 42.4 Å². The minimum absolute atomic E-state index is 0.251. The summed E-state index contributed by atoms with van der Waals surface area (Å²) in [5.41, 5.74) is 7.94. The Labute approximate surface area is 237 Å². The van der Waals surface area contributed by atoms with Crippen LogP contribution in [0.3, 0.4) is 0 Å². The van der Waals surface area contributed by atoms with Crippen molar-refractivity contribution in [3.8, 4) is 28.0 Å². The van der Waals surface area contributed by atoms with Gasteiger partial charge in [-0.2, -0.15) is 0 Å². The Morgan fingerprint density at radius 1 is 0.675 bits per heavy atom. The van der Waals surface area contributed by atoms with Gasteiger partial charge in [-0.25, -0.2) is 0 Å². The van der Waals surface area contributed by atoms with Gasteiger partial charge in [0.05, 0.1) is 0 Å². The second kappa shape index (κ2) is 8.97. The first kappa shape index (κ1) is 23.3. The molecule has 0 bridgehead atoms. The average Bonchev–Trinajstić information content (AvgIpc) is 3.51. The van der Waals surface area contributed by atoms with Gasteiger partial charge in [-0.3, -0.25) is 0 Å². The van der Waals surface area contributed by atoms with E-state index < -0.39 is 0 Å². The SMILES string of the molecule is CC12C=CC=CC1c1cccc(-c3ccc4c(c3)sc3cc(Nc5ccc(-c6ccccc6)cc5)ccc34)c1O2. The fourth-order valence-corrected chi connectivity index (χ4v) is 7.34. The van der Waals surface area contributed by atoms with E-state index in [1.54, 1.807) is 0 Å². The summed E-state index contributed by atoms with van der Waals surface area (Å²) in [4.78, 5) is 0. The van der Waals surface area contributed by atoms with Crippen molar-refractivity contribution in [1.82, 2.24) is 0 Å². The van der Waals surface area contributed by atoms with E-state index in [0.29, 0.717) is 0 Å². The number of fused-ring (bicyclic) bond motifs is 6. The molecular weight excluding hydrogens is 506 g/mol. The first-order valence-electron chi connectivity index (χ1n) is 13.7. The van der Waals surface area contributed by atoms with E-state index in [2.05, 4.69) is 140 Å². The van der Waals surface area contributed by atoms with Crippen LogP contribution in [0.1, 0.15) is 18.4 Å². The maximum Gasteiger partial charge on any atom is 0.135 e. The average molecular weight is 534 g/mol. The van der Waals surface area contributed by atoms with Gasteiger partial charge in [0.1, 0.15) is 11.4 Å². The zero-order valence-corrected chi connectivity index (χ0v) is 22.9. The quantitative estimate of drug-likeness (QED) is 0.243. The highest BCUT2D eigenvalue weighted by atomic mass is 32.1. The van der Waals surface area contributed by atoms with Crippen molar-refractivity contribution in [2.45, 2.75) is 18.4 Å². The monoisotopic (exact) mass is 533 g/mol. The molecule has 2 heterocycles. The number of allylic oxidation sites excluding steroid dienone is 2. The van der Waals surface area contributed by atoms with E-state index in [4.69, 9.17) is 4.74 Å². The minimum atomic E-state index is -0.319. The summed E-state index contributed by atoms with van der Waals surface area (Å²) in [6, 6.07) is 39.2. The summed E-state index contributed by atoms with van der Waals surface area (Å²) in [7, 11) is 0. The largest absolute Gasteiger partial charge is 0.482 e. The fourth-order valence-electron chi connectivity index (χ4n) is 6.15. The maximum absolute atomic E-state index is 6.62. The molecule has 2 aliphatic rings. The van der Waals surface area contributed by atoms with Gasteiger partial charge in [0, 0.05) is 48.6 Å². The van der Waals surface area contributed by atoms with Crippen LogP contribution in [0.2, 0.25) is 0 Å². The van der Waals surface area contributed by atoms with Crippen molar-refractivity contribution in [3.63, 3.8) is 0 Å². The molecule has 0 saturated carbocycles. The predicted molar refractivity (Wildman–Crippen MR) is 170 cm³/mol. The Morgan fingerprint density at radius 3 is 2.25 bits per heavy atom. The van der Waals surface area contributed by atoms with Gasteiger partial charge in [-0.15, -0.1) is 11.3 Å². The standard InChI is InChI=1S/C37H27NOS/c1-37-21-6-5-12-33(37)32-11-7-10-29(36(32)39-37)26-15-19-30-31-20-18-28(23-35(31)40-34(30)22-26)38-27-16-13-25(14-17-27)24-8-3-2-4-9-24/h2-23,33,38H,1H3. The van der Waals surface area contributed by atoms with E-state index in [-0.39, 0.29) is 11.5 Å². The maximum atomic E-state index is 6.62. The number of rotatable bonds is 4. The molecule has 0 radical (unpaired) electrons. The molecule has 8 rings (SSSR count). The van der Waals surface area contributed by atoms with Gasteiger partial charge in [-0.05, 0) is 60.0 Å². The van der Waals surface area contributed by atoms with Crippen molar-refractivity contribution in [2.24, 2.45) is 0 Å². The van der Waals surface area contributed by atoms with Gasteiger partial charge in [-0.1, -0.05) is 97.1 Å². The first-order chi connectivity index (χ1) is 19.6. The zero-order valence-electron chi connectivity index (χ0n) is 22.1. The Balaban J connectivity index is 1.11. The van der Waals surface area contributed by atoms with E-state index >= 15 is 0 Å². The van der Waals surface area contributed by atoms with Crippen molar-refractivity contribution in [3.05, 3.63) is 139 Å². The van der Waals surface area contributed by atoms with Crippen LogP contribution < -0.4 is 10.1 Å². The molecule has 1 aromatic heterocycles. The first-order valence-corrected chi connectivity index (χ1v) is 14.5. The lowest BCUT2D eigenvalue weighted by Crippen LogP contribution is -2.32. The molecule has 0 amide bonds. The summed E-state index contributed by atoms with van der Waals surface area (Å²) >= 11 is 1.84. The summed E-state index contributed by atoms with van der Waals surface area (Å²) in [5, 5.41) is 6.18. The van der Waals surface area contributed by atoms with Crippen molar-refractivity contribution in [2.75, 3.05) is 5.32 Å². The third-order valence-corrected chi connectivity index (χ3v) is 9.34. The predicted octanol–water partition coefficient (Wildman–Crippen LogP) is 10.5. The number of ether oxygens (including phenoxy) is 1. The molecule has 2 atom stereocenters. The molecule has 3 heteroatoms. The molecule has 2 nitrogen and oxygen atoms in total. The molecule has 0 saturated heterocycles. The van der Waals surface area contributed by atoms with Crippen LogP contribution in [0.5, 0.6) is 5.75 Å². The zero-order chi connectivity index (χ0) is 26.7. The van der Waals surface area contributed by atoms with Crippen molar-refractivity contribution >= 4 is 42.9 Å². The molecule has 0 spiro atoms. The van der Waals surface area contributed by atoms with Gasteiger partial charge in [0.15, 0.2) is 0 Å². The summed E-state index contributed by atoms with van der Waals surface area (Å²) in [5.74, 6) is 1.26. The molecule has 6 aromatic rings. The lowest BCUT2D eigenvalue weighted by atomic mass is 9.82.